The highest BCUT2D eigenvalue weighted by molar-refractivity contribution is 7.89. The number of benzene rings is 2. The van der Waals surface area contributed by atoms with Crippen LogP contribution >= 0.6 is 22.9 Å². The number of halogens is 1. The summed E-state index contributed by atoms with van der Waals surface area (Å²) in [5.74, 6) is -0.498. The van der Waals surface area contributed by atoms with E-state index in [0.717, 1.165) is 5.56 Å². The quantitative estimate of drug-likeness (QED) is 0.635. The molecular weight excluding hydrogens is 408 g/mol. The first-order valence-electron chi connectivity index (χ1n) is 7.80. The lowest BCUT2D eigenvalue weighted by molar-refractivity contribution is 0.102. The van der Waals surface area contributed by atoms with Gasteiger partial charge in [0.2, 0.25) is 15.2 Å². The molecular formula is C17H15ClN4O3S2. The Morgan fingerprint density at radius 3 is 2.56 bits per heavy atom. The molecule has 27 heavy (non-hydrogen) atoms. The second-order valence-corrected chi connectivity index (χ2v) is 8.86. The smallest absolute Gasteiger partial charge is 0.257 e. The molecule has 0 unspecified atom stereocenters. The fourth-order valence-corrected chi connectivity index (χ4v) is 4.35. The molecule has 0 radical (unpaired) electrons. The Balaban J connectivity index is 1.80. The number of anilines is 1. The van der Waals surface area contributed by atoms with Gasteiger partial charge in [0, 0.05) is 12.1 Å². The normalized spacial score (nSPS) is 11.3. The first-order valence-corrected chi connectivity index (χ1v) is 10.5. The molecule has 1 aromatic heterocycles. The van der Waals surface area contributed by atoms with Gasteiger partial charge < -0.3 is 0 Å². The minimum Gasteiger partial charge on any atom is -0.296 e. The predicted octanol–water partition coefficient (Wildman–Crippen LogP) is 3.23. The summed E-state index contributed by atoms with van der Waals surface area (Å²) in [5.41, 5.74) is 0.949. The van der Waals surface area contributed by atoms with Crippen molar-refractivity contribution in [2.75, 3.05) is 5.32 Å². The van der Waals surface area contributed by atoms with Gasteiger partial charge in [-0.1, -0.05) is 53.3 Å². The van der Waals surface area contributed by atoms with E-state index in [1.807, 2.05) is 18.2 Å². The average molecular weight is 423 g/mol. The third kappa shape index (κ3) is 4.89. The van der Waals surface area contributed by atoms with Crippen molar-refractivity contribution < 1.29 is 13.2 Å². The molecule has 0 aliphatic carbocycles. The van der Waals surface area contributed by atoms with Crippen LogP contribution in [0.5, 0.6) is 0 Å². The minimum absolute atomic E-state index is 0.0267. The van der Waals surface area contributed by atoms with Crippen LogP contribution in [0.25, 0.3) is 0 Å². The Kier molecular flexibility index (Phi) is 5.85. The predicted molar refractivity (Wildman–Crippen MR) is 105 cm³/mol. The maximum Gasteiger partial charge on any atom is 0.257 e. The molecule has 0 spiro atoms. The zero-order valence-electron chi connectivity index (χ0n) is 14.1. The number of hydrogen-bond acceptors (Lipinski definition) is 6. The number of rotatable bonds is 6. The SMILES string of the molecule is Cc1nnc(NC(=O)c2ccc(Cl)c(S(=O)(=O)NCc3ccccc3)c2)s1. The molecule has 1 heterocycles. The number of carbonyl (C=O) groups is 1. The molecule has 0 aliphatic rings. The van der Waals surface area contributed by atoms with E-state index in [9.17, 15) is 13.2 Å². The van der Waals surface area contributed by atoms with E-state index in [2.05, 4.69) is 20.2 Å². The number of amides is 1. The Labute approximate surface area is 165 Å². The van der Waals surface area contributed by atoms with Crippen molar-refractivity contribution in [2.45, 2.75) is 18.4 Å². The van der Waals surface area contributed by atoms with E-state index in [1.165, 1.54) is 29.5 Å². The summed E-state index contributed by atoms with van der Waals surface area (Å²) in [6, 6.07) is 13.1. The summed E-state index contributed by atoms with van der Waals surface area (Å²) in [5, 5.41) is 11.3. The van der Waals surface area contributed by atoms with Crippen LogP contribution in [0.15, 0.2) is 53.4 Å². The number of nitrogens with zero attached hydrogens (tertiary/aromatic N) is 2. The Morgan fingerprint density at radius 2 is 1.89 bits per heavy atom. The van der Waals surface area contributed by atoms with Crippen molar-refractivity contribution >= 4 is 44.0 Å². The monoisotopic (exact) mass is 422 g/mol. The molecule has 0 atom stereocenters. The van der Waals surface area contributed by atoms with Crippen LogP contribution < -0.4 is 10.0 Å². The van der Waals surface area contributed by atoms with Crippen molar-refractivity contribution in [3.63, 3.8) is 0 Å². The highest BCUT2D eigenvalue weighted by Gasteiger charge is 2.20. The molecule has 0 saturated carbocycles. The van der Waals surface area contributed by atoms with Crippen molar-refractivity contribution in [1.82, 2.24) is 14.9 Å². The Hall–Kier alpha value is -2.33. The van der Waals surface area contributed by atoms with Crippen LogP contribution in [0.3, 0.4) is 0 Å². The van der Waals surface area contributed by atoms with Gasteiger partial charge in [-0.25, -0.2) is 13.1 Å². The van der Waals surface area contributed by atoms with E-state index >= 15 is 0 Å². The lowest BCUT2D eigenvalue weighted by Gasteiger charge is -2.10. The van der Waals surface area contributed by atoms with E-state index in [4.69, 9.17) is 11.6 Å². The molecule has 0 aliphatic heterocycles. The summed E-state index contributed by atoms with van der Waals surface area (Å²) in [7, 11) is -3.90. The van der Waals surface area contributed by atoms with Gasteiger partial charge in [0.1, 0.15) is 9.90 Å². The van der Waals surface area contributed by atoms with Crippen LogP contribution in [-0.4, -0.2) is 24.5 Å². The number of sulfonamides is 1. The van der Waals surface area contributed by atoms with E-state index in [1.54, 1.807) is 19.1 Å². The van der Waals surface area contributed by atoms with Gasteiger partial charge in [-0.3, -0.25) is 10.1 Å². The molecule has 3 rings (SSSR count). The standard InChI is InChI=1S/C17H15ClN4O3S2/c1-11-21-22-17(26-11)20-16(23)13-7-8-14(18)15(9-13)27(24,25)19-10-12-5-3-2-4-6-12/h2-9,19H,10H2,1H3,(H,20,22,23). The van der Waals surface area contributed by atoms with Gasteiger partial charge in [0.05, 0.1) is 5.02 Å². The summed E-state index contributed by atoms with van der Waals surface area (Å²) < 4.78 is 27.7. The largest absolute Gasteiger partial charge is 0.296 e. The fourth-order valence-electron chi connectivity index (χ4n) is 2.22. The highest BCUT2D eigenvalue weighted by atomic mass is 35.5. The lowest BCUT2D eigenvalue weighted by atomic mass is 10.2. The zero-order valence-corrected chi connectivity index (χ0v) is 16.5. The van der Waals surface area contributed by atoms with Gasteiger partial charge in [-0.15, -0.1) is 10.2 Å². The summed E-state index contributed by atoms with van der Waals surface area (Å²) in [6.07, 6.45) is 0. The van der Waals surface area contributed by atoms with Crippen LogP contribution in [0.4, 0.5) is 5.13 Å². The van der Waals surface area contributed by atoms with Gasteiger partial charge in [0.15, 0.2) is 0 Å². The molecule has 1 amide bonds. The number of carbonyl (C=O) groups excluding carboxylic acids is 1. The molecule has 0 saturated heterocycles. The Morgan fingerprint density at radius 1 is 1.15 bits per heavy atom. The van der Waals surface area contributed by atoms with Gasteiger partial charge in [-0.05, 0) is 30.7 Å². The zero-order chi connectivity index (χ0) is 19.4. The highest BCUT2D eigenvalue weighted by Crippen LogP contribution is 2.24. The van der Waals surface area contributed by atoms with Crippen LogP contribution in [0.2, 0.25) is 5.02 Å². The lowest BCUT2D eigenvalue weighted by Crippen LogP contribution is -2.24. The molecule has 7 nitrogen and oxygen atoms in total. The molecule has 140 valence electrons. The topological polar surface area (TPSA) is 101 Å². The number of aryl methyl sites for hydroxylation is 1. The first kappa shape index (κ1) is 19.4. The second kappa shape index (κ2) is 8.13. The van der Waals surface area contributed by atoms with Crippen molar-refractivity contribution in [3.8, 4) is 0 Å². The van der Waals surface area contributed by atoms with Gasteiger partial charge >= 0.3 is 0 Å². The number of aromatic nitrogens is 2. The molecule has 0 fully saturated rings. The summed E-state index contributed by atoms with van der Waals surface area (Å²) >= 11 is 7.28. The maximum absolute atomic E-state index is 12.6. The number of hydrogen-bond donors (Lipinski definition) is 2. The molecule has 2 aromatic carbocycles. The summed E-state index contributed by atoms with van der Waals surface area (Å²) in [4.78, 5) is 12.2. The van der Waals surface area contributed by atoms with E-state index in [-0.39, 0.29) is 22.0 Å². The van der Waals surface area contributed by atoms with Crippen molar-refractivity contribution in [1.29, 1.82) is 0 Å². The minimum atomic E-state index is -3.90. The van der Waals surface area contributed by atoms with Crippen LogP contribution in [0.1, 0.15) is 20.9 Å². The summed E-state index contributed by atoms with van der Waals surface area (Å²) in [6.45, 7) is 1.87. The van der Waals surface area contributed by atoms with E-state index in [0.29, 0.717) is 10.1 Å². The fraction of sp³-hybridized carbons (Fsp3) is 0.118. The van der Waals surface area contributed by atoms with Crippen LogP contribution in [0, 0.1) is 6.92 Å². The van der Waals surface area contributed by atoms with Crippen molar-refractivity contribution in [2.24, 2.45) is 0 Å². The number of nitrogens with one attached hydrogen (secondary N) is 2. The third-order valence-electron chi connectivity index (χ3n) is 3.54. The molecule has 3 aromatic rings. The Bertz CT molecular complexity index is 1070. The average Bonchev–Trinajstić information content (AvgIpc) is 3.06. The third-order valence-corrected chi connectivity index (χ3v) is 6.18. The van der Waals surface area contributed by atoms with Gasteiger partial charge in [0.25, 0.3) is 5.91 Å². The van der Waals surface area contributed by atoms with Gasteiger partial charge in [-0.2, -0.15) is 0 Å². The first-order chi connectivity index (χ1) is 12.8. The molecule has 10 heteroatoms. The molecule has 2 N–H and O–H groups in total. The van der Waals surface area contributed by atoms with Crippen LogP contribution in [-0.2, 0) is 16.6 Å². The molecule has 0 bridgehead atoms. The maximum atomic E-state index is 12.6. The second-order valence-electron chi connectivity index (χ2n) is 5.54. The van der Waals surface area contributed by atoms with Crippen molar-refractivity contribution in [3.05, 3.63) is 69.7 Å². The van der Waals surface area contributed by atoms with E-state index < -0.39 is 15.9 Å².